The van der Waals surface area contributed by atoms with Gasteiger partial charge in [-0.2, -0.15) is 0 Å². The van der Waals surface area contributed by atoms with Crippen LogP contribution in [0.25, 0.3) is 0 Å². The van der Waals surface area contributed by atoms with E-state index in [4.69, 9.17) is 0 Å². The van der Waals surface area contributed by atoms with E-state index in [-0.39, 0.29) is 5.91 Å². The van der Waals surface area contributed by atoms with E-state index < -0.39 is 0 Å². The fourth-order valence-corrected chi connectivity index (χ4v) is 1.60. The molecule has 0 saturated carbocycles. The van der Waals surface area contributed by atoms with E-state index in [1.165, 1.54) is 0 Å². The first-order valence-electron chi connectivity index (χ1n) is 5.49. The van der Waals surface area contributed by atoms with Gasteiger partial charge in [-0.1, -0.05) is 18.2 Å². The highest BCUT2D eigenvalue weighted by Gasteiger charge is 2.10. The minimum absolute atomic E-state index is 0.281. The van der Waals surface area contributed by atoms with Crippen molar-refractivity contribution in [3.05, 3.63) is 59.4 Å². The zero-order valence-electron chi connectivity index (χ0n) is 9.88. The first-order valence-corrected chi connectivity index (χ1v) is 5.49. The summed E-state index contributed by atoms with van der Waals surface area (Å²) >= 11 is 0. The van der Waals surface area contributed by atoms with Gasteiger partial charge in [0.2, 0.25) is 0 Å². The Labute approximate surface area is 105 Å². The SMILES string of the molecule is Cc1cccnc1C(=O)Nc1cccc(C=O)c1. The van der Waals surface area contributed by atoms with Crippen LogP contribution in [-0.4, -0.2) is 17.2 Å². The van der Waals surface area contributed by atoms with Gasteiger partial charge in [-0.05, 0) is 30.7 Å². The summed E-state index contributed by atoms with van der Waals surface area (Å²) < 4.78 is 0. The molecule has 1 heterocycles. The van der Waals surface area contributed by atoms with Crippen molar-refractivity contribution < 1.29 is 9.59 Å². The number of anilines is 1. The molecule has 0 unspecified atom stereocenters. The summed E-state index contributed by atoms with van der Waals surface area (Å²) in [6, 6.07) is 10.3. The van der Waals surface area contributed by atoms with Crippen molar-refractivity contribution in [2.75, 3.05) is 5.32 Å². The number of carbonyl (C=O) groups excluding carboxylic acids is 2. The van der Waals surface area contributed by atoms with Gasteiger partial charge in [0.1, 0.15) is 12.0 Å². The molecule has 1 amide bonds. The number of nitrogens with zero attached hydrogens (tertiary/aromatic N) is 1. The Morgan fingerprint density at radius 3 is 2.83 bits per heavy atom. The van der Waals surface area contributed by atoms with Gasteiger partial charge in [0, 0.05) is 17.4 Å². The number of rotatable bonds is 3. The monoisotopic (exact) mass is 240 g/mol. The highest BCUT2D eigenvalue weighted by molar-refractivity contribution is 6.04. The van der Waals surface area contributed by atoms with E-state index in [2.05, 4.69) is 10.3 Å². The van der Waals surface area contributed by atoms with Crippen LogP contribution < -0.4 is 5.32 Å². The molecule has 1 aromatic heterocycles. The van der Waals surface area contributed by atoms with E-state index in [0.29, 0.717) is 16.9 Å². The lowest BCUT2D eigenvalue weighted by Crippen LogP contribution is -2.15. The van der Waals surface area contributed by atoms with Crippen molar-refractivity contribution in [3.63, 3.8) is 0 Å². The van der Waals surface area contributed by atoms with Gasteiger partial charge < -0.3 is 5.32 Å². The highest BCUT2D eigenvalue weighted by atomic mass is 16.1. The molecule has 0 saturated heterocycles. The Balaban J connectivity index is 2.21. The molecule has 4 nitrogen and oxygen atoms in total. The second kappa shape index (κ2) is 5.23. The van der Waals surface area contributed by atoms with Gasteiger partial charge in [-0.15, -0.1) is 0 Å². The minimum atomic E-state index is -0.281. The Bertz CT molecular complexity index is 594. The second-order valence-electron chi connectivity index (χ2n) is 3.87. The normalized spacial score (nSPS) is 9.83. The number of pyridine rings is 1. The molecule has 2 aromatic rings. The number of carbonyl (C=O) groups is 2. The van der Waals surface area contributed by atoms with Crippen molar-refractivity contribution in [2.24, 2.45) is 0 Å². The number of benzene rings is 1. The number of hydrogen-bond acceptors (Lipinski definition) is 3. The number of hydrogen-bond donors (Lipinski definition) is 1. The predicted octanol–water partition coefficient (Wildman–Crippen LogP) is 2.45. The maximum atomic E-state index is 12.0. The molecular weight excluding hydrogens is 228 g/mol. The van der Waals surface area contributed by atoms with Crippen LogP contribution in [0.3, 0.4) is 0 Å². The van der Waals surface area contributed by atoms with Gasteiger partial charge in [0.25, 0.3) is 5.91 Å². The first kappa shape index (κ1) is 12.0. The van der Waals surface area contributed by atoms with Crippen molar-refractivity contribution in [2.45, 2.75) is 6.92 Å². The minimum Gasteiger partial charge on any atom is -0.321 e. The number of amides is 1. The Hall–Kier alpha value is -2.49. The van der Waals surface area contributed by atoms with E-state index >= 15 is 0 Å². The number of aryl methyl sites for hydroxylation is 1. The van der Waals surface area contributed by atoms with Crippen LogP contribution >= 0.6 is 0 Å². The van der Waals surface area contributed by atoms with Crippen LogP contribution in [0.5, 0.6) is 0 Å². The summed E-state index contributed by atoms with van der Waals surface area (Å²) in [5.74, 6) is -0.281. The molecule has 0 spiro atoms. The molecule has 0 fully saturated rings. The smallest absolute Gasteiger partial charge is 0.274 e. The number of nitrogens with one attached hydrogen (secondary N) is 1. The standard InChI is InChI=1S/C14H12N2O2/c1-10-4-3-7-15-13(10)14(18)16-12-6-2-5-11(8-12)9-17/h2-9H,1H3,(H,16,18). The fraction of sp³-hybridized carbons (Fsp3) is 0.0714. The Morgan fingerprint density at radius 1 is 1.28 bits per heavy atom. The van der Waals surface area contributed by atoms with Gasteiger partial charge in [-0.25, -0.2) is 0 Å². The Kier molecular flexibility index (Phi) is 3.48. The molecule has 0 aliphatic carbocycles. The summed E-state index contributed by atoms with van der Waals surface area (Å²) in [6.07, 6.45) is 2.31. The molecule has 0 atom stereocenters. The lowest BCUT2D eigenvalue weighted by atomic mass is 10.2. The topological polar surface area (TPSA) is 59.1 Å². The summed E-state index contributed by atoms with van der Waals surface area (Å²) in [7, 11) is 0. The molecule has 1 N–H and O–H groups in total. The average Bonchev–Trinajstić information content (AvgIpc) is 2.39. The maximum Gasteiger partial charge on any atom is 0.274 e. The van der Waals surface area contributed by atoms with E-state index in [0.717, 1.165) is 11.8 Å². The van der Waals surface area contributed by atoms with Crippen LogP contribution in [0.1, 0.15) is 26.4 Å². The average molecular weight is 240 g/mol. The fourth-order valence-electron chi connectivity index (χ4n) is 1.60. The molecule has 0 aliphatic rings. The molecule has 4 heteroatoms. The van der Waals surface area contributed by atoms with E-state index in [1.54, 1.807) is 36.5 Å². The van der Waals surface area contributed by atoms with Gasteiger partial charge in [-0.3, -0.25) is 14.6 Å². The van der Waals surface area contributed by atoms with Crippen LogP contribution in [0.2, 0.25) is 0 Å². The van der Waals surface area contributed by atoms with Crippen molar-refractivity contribution in [1.29, 1.82) is 0 Å². The van der Waals surface area contributed by atoms with Gasteiger partial charge in [0.15, 0.2) is 0 Å². The molecular formula is C14H12N2O2. The molecule has 2 rings (SSSR count). The lowest BCUT2D eigenvalue weighted by Gasteiger charge is -2.06. The molecule has 0 bridgehead atoms. The Morgan fingerprint density at radius 2 is 2.11 bits per heavy atom. The summed E-state index contributed by atoms with van der Waals surface area (Å²) in [5.41, 5.74) is 2.29. The maximum absolute atomic E-state index is 12.0. The first-order chi connectivity index (χ1) is 8.70. The molecule has 90 valence electrons. The zero-order valence-corrected chi connectivity index (χ0v) is 9.88. The van der Waals surface area contributed by atoms with Crippen molar-refractivity contribution in [1.82, 2.24) is 4.98 Å². The van der Waals surface area contributed by atoms with Crippen molar-refractivity contribution >= 4 is 17.9 Å². The summed E-state index contributed by atoms with van der Waals surface area (Å²) in [5, 5.41) is 2.71. The zero-order chi connectivity index (χ0) is 13.0. The lowest BCUT2D eigenvalue weighted by molar-refractivity contribution is 0.102. The molecule has 0 radical (unpaired) electrons. The molecule has 0 aliphatic heterocycles. The van der Waals surface area contributed by atoms with Crippen LogP contribution in [0.15, 0.2) is 42.6 Å². The number of aromatic nitrogens is 1. The summed E-state index contributed by atoms with van der Waals surface area (Å²) in [4.78, 5) is 26.7. The highest BCUT2D eigenvalue weighted by Crippen LogP contribution is 2.11. The van der Waals surface area contributed by atoms with Crippen molar-refractivity contribution in [3.8, 4) is 0 Å². The summed E-state index contributed by atoms with van der Waals surface area (Å²) in [6.45, 7) is 1.82. The predicted molar refractivity (Wildman–Crippen MR) is 68.8 cm³/mol. The van der Waals surface area contributed by atoms with Gasteiger partial charge in [0.05, 0.1) is 0 Å². The molecule has 1 aromatic carbocycles. The number of aldehydes is 1. The van der Waals surface area contributed by atoms with E-state index in [1.807, 2.05) is 13.0 Å². The third-order valence-corrected chi connectivity index (χ3v) is 2.51. The largest absolute Gasteiger partial charge is 0.321 e. The second-order valence-corrected chi connectivity index (χ2v) is 3.87. The third kappa shape index (κ3) is 2.60. The quantitative estimate of drug-likeness (QED) is 0.838. The van der Waals surface area contributed by atoms with Gasteiger partial charge >= 0.3 is 0 Å². The van der Waals surface area contributed by atoms with E-state index in [9.17, 15) is 9.59 Å². The molecule has 18 heavy (non-hydrogen) atoms. The van der Waals surface area contributed by atoms with Crippen LogP contribution in [0.4, 0.5) is 5.69 Å². The van der Waals surface area contributed by atoms with Crippen LogP contribution in [-0.2, 0) is 0 Å². The van der Waals surface area contributed by atoms with Crippen LogP contribution in [0, 0.1) is 6.92 Å². The third-order valence-electron chi connectivity index (χ3n) is 2.51.